The summed E-state index contributed by atoms with van der Waals surface area (Å²) in [6.45, 7) is 13.9. The molecule has 2 unspecified atom stereocenters. The first-order valence-electron chi connectivity index (χ1n) is 15.8. The van der Waals surface area contributed by atoms with Crippen LogP contribution in [0, 0.1) is 23.2 Å². The lowest BCUT2D eigenvalue weighted by Crippen LogP contribution is -2.39. The number of fused-ring (bicyclic) bond motifs is 2. The minimum atomic E-state index is -0.609. The van der Waals surface area contributed by atoms with Crippen molar-refractivity contribution in [2.24, 2.45) is 11.8 Å². The number of rotatable bonds is 5. The van der Waals surface area contributed by atoms with Gasteiger partial charge < -0.3 is 29.9 Å². The van der Waals surface area contributed by atoms with Crippen molar-refractivity contribution in [3.63, 3.8) is 0 Å². The van der Waals surface area contributed by atoms with Crippen LogP contribution in [0.5, 0.6) is 0 Å². The Bertz CT molecular complexity index is 1660. The van der Waals surface area contributed by atoms with E-state index in [2.05, 4.69) is 53.4 Å². The molecule has 0 spiro atoms. The highest BCUT2D eigenvalue weighted by Gasteiger charge is 2.44. The fraction of sp³-hybridized carbons (Fsp3) is 0.562. The van der Waals surface area contributed by atoms with Crippen LogP contribution in [0.1, 0.15) is 55.0 Å². The zero-order valence-electron chi connectivity index (χ0n) is 26.2. The normalized spacial score (nSPS) is 26.8. The summed E-state index contributed by atoms with van der Waals surface area (Å²) in [6, 6.07) is 4.52. The van der Waals surface area contributed by atoms with Crippen LogP contribution in [0.25, 0.3) is 11.5 Å². The van der Waals surface area contributed by atoms with E-state index in [1.165, 1.54) is 17.4 Å². The van der Waals surface area contributed by atoms with Gasteiger partial charge in [0, 0.05) is 73.7 Å². The first kappa shape index (κ1) is 29.7. The fourth-order valence-corrected chi connectivity index (χ4v) is 9.04. The number of hydrogen-bond donors (Lipinski definition) is 1. The monoisotopic (exact) mass is 628 g/mol. The average Bonchev–Trinajstić information content (AvgIpc) is 3.79. The van der Waals surface area contributed by atoms with E-state index in [1.54, 1.807) is 0 Å². The maximum Gasteiger partial charge on any atom is 0.245 e. The molecule has 3 fully saturated rings. The molecular formula is C32H40N10O2S. The maximum atomic E-state index is 12.3. The molecule has 0 saturated carbocycles. The Kier molecular flexibility index (Phi) is 7.52. The van der Waals surface area contributed by atoms with Gasteiger partial charge in [-0.05, 0) is 59.2 Å². The van der Waals surface area contributed by atoms with E-state index >= 15 is 0 Å². The number of nitriles is 1. The van der Waals surface area contributed by atoms with Crippen molar-refractivity contribution in [1.82, 2.24) is 29.9 Å². The molecule has 0 radical (unpaired) electrons. The van der Waals surface area contributed by atoms with Crippen molar-refractivity contribution in [1.29, 1.82) is 5.26 Å². The van der Waals surface area contributed by atoms with Gasteiger partial charge in [-0.2, -0.15) is 15.2 Å². The van der Waals surface area contributed by atoms with Crippen LogP contribution >= 0.6 is 11.3 Å². The smallest absolute Gasteiger partial charge is 0.245 e. The van der Waals surface area contributed by atoms with Crippen molar-refractivity contribution in [2.75, 3.05) is 68.4 Å². The lowest BCUT2D eigenvalue weighted by molar-refractivity contribution is -0.125. The Morgan fingerprint density at radius 1 is 1.18 bits per heavy atom. The number of amides is 1. The number of aromatic nitrogens is 4. The fourth-order valence-electron chi connectivity index (χ4n) is 7.85. The van der Waals surface area contributed by atoms with Crippen LogP contribution in [0.2, 0.25) is 0 Å². The van der Waals surface area contributed by atoms with Gasteiger partial charge in [0.25, 0.3) is 0 Å². The number of nitrogens with zero attached hydrogens (tertiary/aromatic N) is 9. The van der Waals surface area contributed by atoms with Crippen LogP contribution in [0.4, 0.5) is 16.8 Å². The zero-order valence-corrected chi connectivity index (χ0v) is 27.0. The highest BCUT2D eigenvalue weighted by atomic mass is 32.1. The summed E-state index contributed by atoms with van der Waals surface area (Å²) < 4.78 is 5.99. The number of nitrogens with two attached hydrogens (primary N) is 1. The molecule has 0 bridgehead atoms. The first-order valence-corrected chi connectivity index (χ1v) is 16.7. The summed E-state index contributed by atoms with van der Waals surface area (Å²) in [6.07, 6.45) is 5.05. The summed E-state index contributed by atoms with van der Waals surface area (Å²) in [5.41, 5.74) is 7.71. The molecule has 12 nitrogen and oxygen atoms in total. The van der Waals surface area contributed by atoms with Crippen molar-refractivity contribution in [3.8, 4) is 17.6 Å². The minimum Gasteiger partial charge on any atom is -0.389 e. The van der Waals surface area contributed by atoms with Crippen molar-refractivity contribution < 1.29 is 9.32 Å². The Morgan fingerprint density at radius 2 is 1.96 bits per heavy atom. The molecule has 2 N–H and O–H groups in total. The van der Waals surface area contributed by atoms with E-state index < -0.39 is 5.41 Å². The molecule has 3 aromatic rings. The van der Waals surface area contributed by atoms with E-state index in [1.807, 2.05) is 11.0 Å². The molecule has 0 aromatic carbocycles. The summed E-state index contributed by atoms with van der Waals surface area (Å²) in [5.74, 6) is 3.15. The minimum absolute atomic E-state index is 0.00130. The van der Waals surface area contributed by atoms with Crippen LogP contribution in [0.15, 0.2) is 23.2 Å². The van der Waals surface area contributed by atoms with Gasteiger partial charge in [0.1, 0.15) is 22.6 Å². The number of carbonyl (C=O) groups is 1. The molecule has 3 aromatic heterocycles. The maximum absolute atomic E-state index is 12.3. The number of likely N-dealkylation sites (tertiary alicyclic amines) is 1. The molecule has 4 atom stereocenters. The number of aryl methyl sites for hydroxylation is 1. The molecule has 1 amide bonds. The van der Waals surface area contributed by atoms with Gasteiger partial charge in [-0.25, -0.2) is 4.98 Å². The van der Waals surface area contributed by atoms with Gasteiger partial charge >= 0.3 is 0 Å². The second-order valence-electron chi connectivity index (χ2n) is 13.3. The number of carbonyl (C=O) groups excluding carboxylic acids is 1. The van der Waals surface area contributed by atoms with E-state index in [9.17, 15) is 10.1 Å². The summed E-state index contributed by atoms with van der Waals surface area (Å²) >= 11 is 1.49. The molecule has 236 valence electrons. The third kappa shape index (κ3) is 5.13. The van der Waals surface area contributed by atoms with Gasteiger partial charge in [0.05, 0.1) is 11.0 Å². The van der Waals surface area contributed by atoms with Gasteiger partial charge in [0.2, 0.25) is 23.6 Å². The Hall–Kier alpha value is -4.02. The average molecular weight is 629 g/mol. The molecule has 3 aliphatic heterocycles. The lowest BCUT2D eigenvalue weighted by Gasteiger charge is -2.30. The third-order valence-electron chi connectivity index (χ3n) is 10.2. The van der Waals surface area contributed by atoms with Crippen molar-refractivity contribution >= 4 is 34.0 Å². The molecule has 45 heavy (non-hydrogen) atoms. The van der Waals surface area contributed by atoms with E-state index in [-0.39, 0.29) is 11.9 Å². The van der Waals surface area contributed by atoms with Crippen LogP contribution in [-0.4, -0.2) is 94.7 Å². The number of nitrogen functional groups attached to an aromatic ring is 1. The predicted octanol–water partition coefficient (Wildman–Crippen LogP) is 3.30. The van der Waals surface area contributed by atoms with Crippen molar-refractivity contribution in [2.45, 2.75) is 51.0 Å². The Morgan fingerprint density at radius 3 is 2.69 bits per heavy atom. The van der Waals surface area contributed by atoms with Gasteiger partial charge in [-0.15, -0.1) is 11.3 Å². The second-order valence-corrected chi connectivity index (χ2v) is 14.4. The van der Waals surface area contributed by atoms with Crippen LogP contribution in [-0.2, 0) is 16.6 Å². The highest BCUT2D eigenvalue weighted by Crippen LogP contribution is 2.48. The molecule has 13 heteroatoms. The zero-order chi connectivity index (χ0) is 31.5. The summed E-state index contributed by atoms with van der Waals surface area (Å²) in [4.78, 5) is 37.4. The topological polar surface area (TPSA) is 145 Å². The first-order chi connectivity index (χ1) is 21.7. The second kappa shape index (κ2) is 11.4. The molecule has 7 rings (SSSR count). The van der Waals surface area contributed by atoms with Crippen molar-refractivity contribution in [3.05, 3.63) is 40.6 Å². The Balaban J connectivity index is 1.25. The highest BCUT2D eigenvalue weighted by molar-refractivity contribution is 7.16. The van der Waals surface area contributed by atoms with E-state index in [4.69, 9.17) is 25.2 Å². The van der Waals surface area contributed by atoms with Gasteiger partial charge in [-0.3, -0.25) is 4.79 Å². The molecule has 3 saturated heterocycles. The molecule has 1 aliphatic carbocycles. The summed E-state index contributed by atoms with van der Waals surface area (Å²) in [7, 11) is 2.16. The van der Waals surface area contributed by atoms with E-state index in [0.29, 0.717) is 45.8 Å². The molecule has 4 aliphatic rings. The SMILES string of the molecule is C=CC(=O)N1CC2CN(c3cc(-c4noc([C@@]5(C)CCCc6sc(N)c(C#N)c65)n4)nc(N4CCCN(C)C[C@@H]4C)n3)CC2C1. The van der Waals surface area contributed by atoms with Gasteiger partial charge in [0.15, 0.2) is 0 Å². The lowest BCUT2D eigenvalue weighted by atomic mass is 9.72. The number of likely N-dealkylation sites (N-methyl/N-ethyl adjacent to an activating group) is 1. The molecular weight excluding hydrogens is 588 g/mol. The van der Waals surface area contributed by atoms with Crippen LogP contribution < -0.4 is 15.5 Å². The largest absolute Gasteiger partial charge is 0.389 e. The quantitative estimate of drug-likeness (QED) is 0.416. The Labute approximate surface area is 267 Å². The predicted molar refractivity (Wildman–Crippen MR) is 173 cm³/mol. The summed E-state index contributed by atoms with van der Waals surface area (Å²) in [5, 5.41) is 14.9. The third-order valence-corrected chi connectivity index (χ3v) is 11.3. The van der Waals surface area contributed by atoms with Gasteiger partial charge in [-0.1, -0.05) is 11.7 Å². The number of thiophene rings is 1. The standard InChI is InChI=1S/C32H40N10O2S/c1-5-26(43)41-17-20-15-40(16-21(20)18-41)25-12-23(35-31(36-25)42-11-7-10-39(4)14-19(42)2)29-37-30(44-38-29)32(3)9-6-8-24-27(32)22(13-33)28(34)45-24/h5,12,19-21H,1,6-11,14-18,34H2,2-4H3/t19-,20?,21?,32-/m0/s1. The van der Waals surface area contributed by atoms with E-state index in [0.717, 1.165) is 87.8 Å². The molecule has 6 heterocycles. The van der Waals surface area contributed by atoms with Crippen LogP contribution in [0.3, 0.4) is 0 Å². The number of hydrogen-bond acceptors (Lipinski definition) is 12. The number of anilines is 3.